The van der Waals surface area contributed by atoms with Crippen LogP contribution in [0.4, 0.5) is 11.4 Å². The van der Waals surface area contributed by atoms with Gasteiger partial charge in [0, 0.05) is 24.3 Å². The number of hydrogen-bond acceptors (Lipinski definition) is 10. The van der Waals surface area contributed by atoms with Crippen LogP contribution in [-0.4, -0.2) is 62.1 Å². The first-order valence-corrected chi connectivity index (χ1v) is 9.74. The molecule has 1 fully saturated rings. The number of nitro benzene ring substituents is 2. The first-order valence-electron chi connectivity index (χ1n) is 9.74. The van der Waals surface area contributed by atoms with E-state index >= 15 is 0 Å². The average Bonchev–Trinajstić information content (AvgIpc) is 2.81. The first kappa shape index (κ1) is 23.3. The van der Waals surface area contributed by atoms with Gasteiger partial charge in [-0.25, -0.2) is 0 Å². The zero-order valence-corrected chi connectivity index (χ0v) is 17.0. The molecule has 12 nitrogen and oxygen atoms in total. The van der Waals surface area contributed by atoms with Crippen molar-refractivity contribution in [3.8, 4) is 11.5 Å². The topological polar surface area (TPSA) is 142 Å². The van der Waals surface area contributed by atoms with Crippen LogP contribution in [0.25, 0.3) is 0 Å². The fourth-order valence-electron chi connectivity index (χ4n) is 2.71. The van der Waals surface area contributed by atoms with Gasteiger partial charge in [0.25, 0.3) is 11.4 Å². The number of nitro groups is 2. The third kappa shape index (κ3) is 7.13. The molecule has 172 valence electrons. The highest BCUT2D eigenvalue weighted by Gasteiger charge is 2.28. The first-order chi connectivity index (χ1) is 15.5. The van der Waals surface area contributed by atoms with Crippen molar-refractivity contribution in [1.29, 1.82) is 0 Å². The summed E-state index contributed by atoms with van der Waals surface area (Å²) in [6.45, 7) is 1.48. The van der Waals surface area contributed by atoms with Crippen molar-refractivity contribution in [2.75, 3.05) is 39.6 Å². The summed E-state index contributed by atoms with van der Waals surface area (Å²) in [5.74, 6) is 0.965. The van der Waals surface area contributed by atoms with Crippen LogP contribution in [0.15, 0.2) is 48.5 Å². The monoisotopic (exact) mass is 450 g/mol. The molecular weight excluding hydrogens is 428 g/mol. The Morgan fingerprint density at radius 3 is 1.41 bits per heavy atom. The van der Waals surface area contributed by atoms with Gasteiger partial charge in [0.1, 0.15) is 24.7 Å². The molecule has 1 aliphatic heterocycles. The lowest BCUT2D eigenvalue weighted by molar-refractivity contribution is -0.385. The largest absolute Gasteiger partial charge is 0.491 e. The minimum Gasteiger partial charge on any atom is -0.491 e. The molecule has 1 saturated heterocycles. The van der Waals surface area contributed by atoms with Gasteiger partial charge in [-0.15, -0.1) is 0 Å². The summed E-state index contributed by atoms with van der Waals surface area (Å²) in [6.07, 6.45) is -1.49. The molecule has 2 atom stereocenters. The summed E-state index contributed by atoms with van der Waals surface area (Å²) in [6, 6.07) is 11.5. The summed E-state index contributed by atoms with van der Waals surface area (Å²) in [7, 11) is 0. The Kier molecular flexibility index (Phi) is 8.69. The zero-order valence-electron chi connectivity index (χ0n) is 17.0. The molecule has 3 rings (SSSR count). The molecule has 0 bridgehead atoms. The van der Waals surface area contributed by atoms with E-state index in [1.807, 2.05) is 0 Å². The molecule has 0 saturated carbocycles. The maximum absolute atomic E-state index is 10.7. The number of ether oxygens (including phenoxy) is 6. The standard InChI is InChI=1S/C20H22N2O10/c23-21(24)15-1-5-17(6-2-15)27-9-11-29-19-20(32-14-13-31-19)30-12-10-28-18-7-3-16(4-8-18)22(25)26/h1-8,19-20H,9-14H2/t19-,20+. The van der Waals surface area contributed by atoms with Gasteiger partial charge in [0.2, 0.25) is 12.6 Å². The number of non-ortho nitro benzene ring substituents is 2. The molecule has 0 N–H and O–H groups in total. The van der Waals surface area contributed by atoms with Crippen molar-refractivity contribution in [1.82, 2.24) is 0 Å². The van der Waals surface area contributed by atoms with E-state index in [9.17, 15) is 20.2 Å². The highest BCUT2D eigenvalue weighted by atomic mass is 16.8. The number of hydrogen-bond donors (Lipinski definition) is 0. The normalized spacial score (nSPS) is 18.1. The van der Waals surface area contributed by atoms with Crippen LogP contribution >= 0.6 is 0 Å². The smallest absolute Gasteiger partial charge is 0.269 e. The van der Waals surface area contributed by atoms with E-state index in [4.69, 9.17) is 28.4 Å². The third-order valence-electron chi connectivity index (χ3n) is 4.23. The van der Waals surface area contributed by atoms with E-state index in [-0.39, 0.29) is 37.8 Å². The quantitative estimate of drug-likeness (QED) is 0.269. The van der Waals surface area contributed by atoms with E-state index in [0.717, 1.165) is 0 Å². The van der Waals surface area contributed by atoms with Gasteiger partial charge < -0.3 is 28.4 Å². The fraction of sp³-hybridized carbons (Fsp3) is 0.400. The van der Waals surface area contributed by atoms with Crippen molar-refractivity contribution >= 4 is 11.4 Å². The van der Waals surface area contributed by atoms with Crippen molar-refractivity contribution in [3.63, 3.8) is 0 Å². The lowest BCUT2D eigenvalue weighted by atomic mass is 10.3. The molecule has 0 radical (unpaired) electrons. The molecule has 0 spiro atoms. The van der Waals surface area contributed by atoms with Crippen LogP contribution in [0.1, 0.15) is 0 Å². The second-order valence-corrected chi connectivity index (χ2v) is 6.42. The van der Waals surface area contributed by atoms with Crippen molar-refractivity contribution in [2.45, 2.75) is 12.6 Å². The summed E-state index contributed by atoms with van der Waals surface area (Å²) in [5.41, 5.74) is -0.0298. The van der Waals surface area contributed by atoms with Crippen LogP contribution in [0.2, 0.25) is 0 Å². The maximum Gasteiger partial charge on any atom is 0.269 e. The Morgan fingerprint density at radius 1 is 0.688 bits per heavy atom. The Hall–Kier alpha value is -3.32. The van der Waals surface area contributed by atoms with Crippen LogP contribution in [0.5, 0.6) is 11.5 Å². The van der Waals surface area contributed by atoms with Crippen molar-refractivity contribution < 1.29 is 38.3 Å². The SMILES string of the molecule is O=[N+]([O-])c1ccc(OCCO[C@@H]2OCCO[C@@H]2OCCOc2ccc([N+](=O)[O-])cc2)cc1. The Balaban J connectivity index is 1.34. The lowest BCUT2D eigenvalue weighted by Crippen LogP contribution is -2.43. The van der Waals surface area contributed by atoms with Gasteiger partial charge in [0.15, 0.2) is 0 Å². The van der Waals surface area contributed by atoms with Crippen LogP contribution < -0.4 is 9.47 Å². The molecule has 2 aromatic rings. The molecule has 0 aliphatic carbocycles. The summed E-state index contributed by atoms with van der Waals surface area (Å²) < 4.78 is 33.3. The number of benzene rings is 2. The van der Waals surface area contributed by atoms with Crippen LogP contribution in [0.3, 0.4) is 0 Å². The third-order valence-corrected chi connectivity index (χ3v) is 4.23. The van der Waals surface area contributed by atoms with E-state index in [2.05, 4.69) is 0 Å². The molecule has 0 amide bonds. The van der Waals surface area contributed by atoms with E-state index in [1.54, 1.807) is 0 Å². The predicted octanol–water partition coefficient (Wildman–Crippen LogP) is 2.69. The van der Waals surface area contributed by atoms with Gasteiger partial charge in [0.05, 0.1) is 36.3 Å². The second-order valence-electron chi connectivity index (χ2n) is 6.42. The van der Waals surface area contributed by atoms with Crippen molar-refractivity contribution in [3.05, 3.63) is 68.8 Å². The molecule has 0 aromatic heterocycles. The molecule has 32 heavy (non-hydrogen) atoms. The highest BCUT2D eigenvalue weighted by molar-refractivity contribution is 5.36. The van der Waals surface area contributed by atoms with E-state index in [0.29, 0.717) is 24.7 Å². The number of rotatable bonds is 12. The lowest BCUT2D eigenvalue weighted by Gasteiger charge is -2.31. The number of nitrogens with zero attached hydrogens (tertiary/aromatic N) is 2. The second kappa shape index (κ2) is 11.9. The van der Waals surface area contributed by atoms with Gasteiger partial charge in [-0.2, -0.15) is 0 Å². The predicted molar refractivity (Wildman–Crippen MR) is 109 cm³/mol. The maximum atomic E-state index is 10.7. The molecule has 2 aromatic carbocycles. The Morgan fingerprint density at radius 2 is 1.06 bits per heavy atom. The van der Waals surface area contributed by atoms with E-state index < -0.39 is 22.4 Å². The zero-order chi connectivity index (χ0) is 22.8. The minimum atomic E-state index is -0.747. The summed E-state index contributed by atoms with van der Waals surface area (Å²) in [5, 5.41) is 21.3. The Labute approximate surface area is 182 Å². The average molecular weight is 450 g/mol. The van der Waals surface area contributed by atoms with Crippen molar-refractivity contribution in [2.24, 2.45) is 0 Å². The van der Waals surface area contributed by atoms with E-state index in [1.165, 1.54) is 48.5 Å². The minimum absolute atomic E-state index is 0.0149. The molecule has 1 heterocycles. The van der Waals surface area contributed by atoms with Crippen LogP contribution in [-0.2, 0) is 18.9 Å². The fourth-order valence-corrected chi connectivity index (χ4v) is 2.71. The molecule has 12 heteroatoms. The molecule has 0 unspecified atom stereocenters. The van der Waals surface area contributed by atoms with Gasteiger partial charge in [-0.05, 0) is 24.3 Å². The molecular formula is C20H22N2O10. The Bertz CT molecular complexity index is 801. The van der Waals surface area contributed by atoms with Gasteiger partial charge >= 0.3 is 0 Å². The summed E-state index contributed by atoms with van der Waals surface area (Å²) in [4.78, 5) is 20.3. The molecule has 1 aliphatic rings. The summed E-state index contributed by atoms with van der Waals surface area (Å²) >= 11 is 0. The van der Waals surface area contributed by atoms with Crippen LogP contribution in [0, 0.1) is 20.2 Å². The highest BCUT2D eigenvalue weighted by Crippen LogP contribution is 2.19. The van der Waals surface area contributed by atoms with Gasteiger partial charge in [-0.1, -0.05) is 0 Å². The van der Waals surface area contributed by atoms with Gasteiger partial charge in [-0.3, -0.25) is 20.2 Å².